The molecule has 0 aromatic heterocycles. The molecule has 4 amide bonds. The quantitative estimate of drug-likeness (QED) is 0.367. The van der Waals surface area contributed by atoms with Crippen molar-refractivity contribution in [1.82, 2.24) is 9.80 Å². The topological polar surface area (TPSA) is 104 Å². The number of imide groups is 2. The Labute approximate surface area is 232 Å². The number of rotatable bonds is 6. The number of fused-ring (bicyclic) bond motifs is 4. The summed E-state index contributed by atoms with van der Waals surface area (Å²) in [5, 5.41) is 10.6. The summed E-state index contributed by atoms with van der Waals surface area (Å²) in [7, 11) is 1.45. The van der Waals surface area contributed by atoms with Crippen molar-refractivity contribution in [2.75, 3.05) is 20.2 Å². The molecule has 1 aromatic rings. The number of allylic oxidation sites excluding steroid dienone is 2. The average molecular weight is 638 g/mol. The highest BCUT2D eigenvalue weighted by Crippen LogP contribution is 2.60. The Morgan fingerprint density at radius 1 is 0.892 bits per heavy atom. The number of amides is 4. The van der Waals surface area contributed by atoms with E-state index < -0.39 is 29.6 Å². The molecule has 37 heavy (non-hydrogen) atoms. The molecule has 3 fully saturated rings. The van der Waals surface area contributed by atoms with Crippen LogP contribution in [0.2, 0.25) is 0 Å². The van der Waals surface area contributed by atoms with Gasteiger partial charge in [0.1, 0.15) is 0 Å². The summed E-state index contributed by atoms with van der Waals surface area (Å²) in [6.45, 7) is 4.60. The maximum absolute atomic E-state index is 13.7. The molecular formula is C27H30Br2N2O6. The Kier molecular flexibility index (Phi) is 7.02. The summed E-state index contributed by atoms with van der Waals surface area (Å²) in [5.74, 6) is -3.58. The maximum Gasteiger partial charge on any atom is 0.234 e. The molecule has 0 unspecified atom stereocenters. The minimum Gasteiger partial charge on any atom is -0.503 e. The van der Waals surface area contributed by atoms with E-state index in [2.05, 4.69) is 31.9 Å². The molecule has 0 spiro atoms. The van der Waals surface area contributed by atoms with Gasteiger partial charge in [-0.05, 0) is 75.1 Å². The number of nitrogens with zero attached hydrogens (tertiary/aromatic N) is 2. The second-order valence-electron chi connectivity index (χ2n) is 10.3. The summed E-state index contributed by atoms with van der Waals surface area (Å²) >= 11 is 7.04. The fourth-order valence-electron chi connectivity index (χ4n) is 6.95. The van der Waals surface area contributed by atoms with Crippen molar-refractivity contribution in [2.45, 2.75) is 45.4 Å². The third kappa shape index (κ3) is 3.80. The zero-order valence-corrected chi connectivity index (χ0v) is 24.2. The number of carbonyl (C=O) groups is 4. The van der Waals surface area contributed by atoms with Gasteiger partial charge < -0.3 is 9.84 Å². The average Bonchev–Trinajstić information content (AvgIpc) is 3.27. The molecule has 2 aliphatic heterocycles. The van der Waals surface area contributed by atoms with E-state index in [1.807, 2.05) is 19.9 Å². The SMILES string of the molecule is CCCN1C(=O)[C@H]2[C@H](CC=C3[C@H]2C[C@H]2C(=O)N(CCC)C(=O)[C@H]2[C@H]3c2cc(OC)c(O)c(Br)c2Br)C1=O. The van der Waals surface area contributed by atoms with Crippen LogP contribution in [0.15, 0.2) is 26.7 Å². The van der Waals surface area contributed by atoms with Crippen LogP contribution in [0.1, 0.15) is 51.0 Å². The van der Waals surface area contributed by atoms with E-state index in [-0.39, 0.29) is 41.0 Å². The number of hydrogen-bond donors (Lipinski definition) is 1. The number of methoxy groups -OCH3 is 1. The summed E-state index contributed by atoms with van der Waals surface area (Å²) in [4.78, 5) is 56.8. The van der Waals surface area contributed by atoms with Crippen LogP contribution in [0, 0.1) is 29.6 Å². The molecule has 4 aliphatic rings. The lowest BCUT2D eigenvalue weighted by atomic mass is 9.57. The molecule has 6 atom stereocenters. The smallest absolute Gasteiger partial charge is 0.234 e. The molecule has 2 aliphatic carbocycles. The zero-order valence-electron chi connectivity index (χ0n) is 21.0. The van der Waals surface area contributed by atoms with Crippen molar-refractivity contribution in [1.29, 1.82) is 0 Å². The first-order valence-electron chi connectivity index (χ1n) is 12.8. The van der Waals surface area contributed by atoms with Crippen LogP contribution in [0.25, 0.3) is 0 Å². The maximum atomic E-state index is 13.7. The van der Waals surface area contributed by atoms with Crippen molar-refractivity contribution >= 4 is 55.5 Å². The second-order valence-corrected chi connectivity index (χ2v) is 11.9. The number of halogens is 2. The van der Waals surface area contributed by atoms with E-state index in [4.69, 9.17) is 4.74 Å². The van der Waals surface area contributed by atoms with E-state index in [1.165, 1.54) is 16.9 Å². The van der Waals surface area contributed by atoms with Crippen molar-refractivity contribution < 1.29 is 29.0 Å². The largest absolute Gasteiger partial charge is 0.503 e. The van der Waals surface area contributed by atoms with Gasteiger partial charge >= 0.3 is 0 Å². The van der Waals surface area contributed by atoms with Crippen LogP contribution in [0.3, 0.4) is 0 Å². The van der Waals surface area contributed by atoms with Crippen LogP contribution in [-0.2, 0) is 19.2 Å². The lowest BCUT2D eigenvalue weighted by Gasteiger charge is -2.44. The minimum atomic E-state index is -0.630. The Bertz CT molecular complexity index is 1230. The monoisotopic (exact) mass is 636 g/mol. The molecule has 198 valence electrons. The van der Waals surface area contributed by atoms with Gasteiger partial charge in [0, 0.05) is 23.5 Å². The first-order chi connectivity index (χ1) is 17.7. The van der Waals surface area contributed by atoms with Crippen molar-refractivity contribution in [3.05, 3.63) is 32.2 Å². The predicted octanol–water partition coefficient (Wildman–Crippen LogP) is 4.38. The van der Waals surface area contributed by atoms with Gasteiger partial charge in [-0.25, -0.2) is 0 Å². The Hall–Kier alpha value is -2.20. The van der Waals surface area contributed by atoms with Crippen LogP contribution in [0.4, 0.5) is 0 Å². The summed E-state index contributed by atoms with van der Waals surface area (Å²) in [6, 6.07) is 1.70. The van der Waals surface area contributed by atoms with Gasteiger partial charge in [0.15, 0.2) is 11.5 Å². The lowest BCUT2D eigenvalue weighted by molar-refractivity contribution is -0.142. The first kappa shape index (κ1) is 26.4. The van der Waals surface area contributed by atoms with Gasteiger partial charge in [0.2, 0.25) is 23.6 Å². The number of hydrogen-bond acceptors (Lipinski definition) is 6. The highest BCUT2D eigenvalue weighted by molar-refractivity contribution is 9.13. The fraction of sp³-hybridized carbons (Fsp3) is 0.556. The van der Waals surface area contributed by atoms with Gasteiger partial charge in [-0.1, -0.05) is 25.5 Å². The molecule has 2 heterocycles. The van der Waals surface area contributed by atoms with E-state index in [1.54, 1.807) is 6.07 Å². The van der Waals surface area contributed by atoms with Crippen LogP contribution >= 0.6 is 31.9 Å². The number of aromatic hydroxyl groups is 1. The Balaban J connectivity index is 1.68. The summed E-state index contributed by atoms with van der Waals surface area (Å²) < 4.78 is 6.37. The van der Waals surface area contributed by atoms with Gasteiger partial charge in [-0.15, -0.1) is 0 Å². The number of phenolic OH excluding ortho intramolecular Hbond substituents is 1. The van der Waals surface area contributed by atoms with Crippen molar-refractivity contribution in [2.24, 2.45) is 29.6 Å². The van der Waals surface area contributed by atoms with Crippen LogP contribution < -0.4 is 4.74 Å². The Morgan fingerprint density at radius 3 is 2.08 bits per heavy atom. The highest BCUT2D eigenvalue weighted by Gasteiger charge is 2.62. The van der Waals surface area contributed by atoms with Crippen molar-refractivity contribution in [3.8, 4) is 11.5 Å². The third-order valence-corrected chi connectivity index (χ3v) is 10.6. The number of ether oxygens (including phenoxy) is 1. The van der Waals surface area contributed by atoms with Gasteiger partial charge in [-0.3, -0.25) is 29.0 Å². The van der Waals surface area contributed by atoms with Gasteiger partial charge in [-0.2, -0.15) is 0 Å². The summed E-state index contributed by atoms with van der Waals surface area (Å²) in [6.07, 6.45) is 4.14. The molecule has 0 radical (unpaired) electrons. The number of carbonyl (C=O) groups excluding carboxylic acids is 4. The highest BCUT2D eigenvalue weighted by atomic mass is 79.9. The second kappa shape index (κ2) is 9.84. The number of benzene rings is 1. The number of phenols is 1. The fourth-order valence-corrected chi connectivity index (χ4v) is 7.92. The predicted molar refractivity (Wildman–Crippen MR) is 142 cm³/mol. The molecule has 1 N–H and O–H groups in total. The standard InChI is InChI=1S/C27H30Br2N2O6/c1-4-8-30-24(33)13-7-6-12-14(19(13)26(30)35)10-16-20(27(36)31(9-5-2)25(16)34)18(12)15-11-17(37-3)23(32)22(29)21(15)28/h6,11,13-14,16,18-20,32H,4-5,7-10H2,1-3H3/t13-,14+,16+,18+,19-,20+/m0/s1. The molecule has 1 aromatic carbocycles. The van der Waals surface area contributed by atoms with E-state index >= 15 is 0 Å². The molecule has 10 heteroatoms. The van der Waals surface area contributed by atoms with E-state index in [9.17, 15) is 24.3 Å². The van der Waals surface area contributed by atoms with E-state index in [0.29, 0.717) is 53.3 Å². The molecule has 8 nitrogen and oxygen atoms in total. The molecule has 2 saturated heterocycles. The molecular weight excluding hydrogens is 608 g/mol. The first-order valence-corrected chi connectivity index (χ1v) is 14.4. The minimum absolute atomic E-state index is 0.0760. The normalized spacial score (nSPS) is 30.9. The zero-order chi connectivity index (χ0) is 26.8. The van der Waals surface area contributed by atoms with Gasteiger partial charge in [0.05, 0.1) is 35.3 Å². The van der Waals surface area contributed by atoms with Gasteiger partial charge in [0.25, 0.3) is 0 Å². The molecule has 5 rings (SSSR count). The van der Waals surface area contributed by atoms with Crippen molar-refractivity contribution in [3.63, 3.8) is 0 Å². The van der Waals surface area contributed by atoms with Crippen LogP contribution in [0.5, 0.6) is 11.5 Å². The lowest BCUT2D eigenvalue weighted by Crippen LogP contribution is -2.43. The Morgan fingerprint density at radius 2 is 1.49 bits per heavy atom. The number of likely N-dealkylation sites (tertiary alicyclic amines) is 2. The van der Waals surface area contributed by atoms with Crippen LogP contribution in [-0.4, -0.2) is 58.7 Å². The third-order valence-electron chi connectivity index (χ3n) is 8.45. The van der Waals surface area contributed by atoms with E-state index in [0.717, 1.165) is 5.57 Å². The summed E-state index contributed by atoms with van der Waals surface area (Å²) in [5.41, 5.74) is 1.62. The molecule has 1 saturated carbocycles. The molecule has 0 bridgehead atoms.